The van der Waals surface area contributed by atoms with Gasteiger partial charge in [-0.2, -0.15) is 0 Å². The molecule has 1 fully saturated rings. The molecule has 2 N–H and O–H groups in total. The molecule has 0 aliphatic heterocycles. The number of nitrogens with zero attached hydrogens (tertiary/aromatic N) is 2. The minimum absolute atomic E-state index is 0. The Morgan fingerprint density at radius 2 is 1.91 bits per heavy atom. The molecule has 0 spiro atoms. The molecule has 130 valence electrons. The zero-order valence-electron chi connectivity index (χ0n) is 14.2. The van der Waals surface area contributed by atoms with Crippen LogP contribution in [0.25, 0.3) is 0 Å². The molecule has 1 aliphatic rings. The van der Waals surface area contributed by atoms with Crippen molar-refractivity contribution in [3.63, 3.8) is 0 Å². The van der Waals surface area contributed by atoms with Crippen LogP contribution >= 0.6 is 35.6 Å². The minimum atomic E-state index is 0. The van der Waals surface area contributed by atoms with Crippen LogP contribution in [-0.4, -0.2) is 44.6 Å². The van der Waals surface area contributed by atoms with Crippen molar-refractivity contribution in [1.29, 1.82) is 0 Å². The summed E-state index contributed by atoms with van der Waals surface area (Å²) in [5, 5.41) is 7.52. The Morgan fingerprint density at radius 3 is 2.43 bits per heavy atom. The Kier molecular flexibility index (Phi) is 9.24. The number of likely N-dealkylation sites (N-methyl/N-ethyl adjacent to an activating group) is 1. The van der Waals surface area contributed by atoms with Crippen LogP contribution in [0.5, 0.6) is 0 Å². The van der Waals surface area contributed by atoms with Crippen LogP contribution in [0.2, 0.25) is 5.02 Å². The summed E-state index contributed by atoms with van der Waals surface area (Å²) >= 11 is 5.98. The SMILES string of the molecule is CCNC(=NCC(c1ccc(Cl)cc1)N(C)C)NCC1CC1.I. The van der Waals surface area contributed by atoms with Crippen molar-refractivity contribution < 1.29 is 0 Å². The van der Waals surface area contributed by atoms with Gasteiger partial charge in [-0.1, -0.05) is 23.7 Å². The maximum Gasteiger partial charge on any atom is 0.191 e. The molecule has 0 radical (unpaired) electrons. The lowest BCUT2D eigenvalue weighted by Gasteiger charge is -2.24. The third kappa shape index (κ3) is 7.27. The third-order valence-corrected chi connectivity index (χ3v) is 4.15. The summed E-state index contributed by atoms with van der Waals surface area (Å²) in [6.45, 7) is 4.72. The maximum absolute atomic E-state index is 5.98. The second-order valence-electron chi connectivity index (χ2n) is 6.07. The molecule has 23 heavy (non-hydrogen) atoms. The predicted molar refractivity (Wildman–Crippen MR) is 110 cm³/mol. The summed E-state index contributed by atoms with van der Waals surface area (Å²) < 4.78 is 0. The highest BCUT2D eigenvalue weighted by Gasteiger charge is 2.21. The highest BCUT2D eigenvalue weighted by atomic mass is 127. The van der Waals surface area contributed by atoms with Gasteiger partial charge in [0.15, 0.2) is 5.96 Å². The number of benzene rings is 1. The molecular weight excluding hydrogens is 423 g/mol. The fourth-order valence-corrected chi connectivity index (χ4v) is 2.46. The van der Waals surface area contributed by atoms with Gasteiger partial charge >= 0.3 is 0 Å². The number of guanidine groups is 1. The number of nitrogens with one attached hydrogen (secondary N) is 2. The average molecular weight is 451 g/mol. The summed E-state index contributed by atoms with van der Waals surface area (Å²) in [5.74, 6) is 1.75. The van der Waals surface area contributed by atoms with Crippen molar-refractivity contribution in [3.8, 4) is 0 Å². The van der Waals surface area contributed by atoms with Crippen molar-refractivity contribution in [2.24, 2.45) is 10.9 Å². The molecule has 1 aromatic rings. The lowest BCUT2D eigenvalue weighted by atomic mass is 10.1. The predicted octanol–water partition coefficient (Wildman–Crippen LogP) is 3.53. The highest BCUT2D eigenvalue weighted by molar-refractivity contribution is 14.0. The van der Waals surface area contributed by atoms with Crippen LogP contribution in [0.3, 0.4) is 0 Å². The smallest absolute Gasteiger partial charge is 0.191 e. The van der Waals surface area contributed by atoms with E-state index in [-0.39, 0.29) is 30.0 Å². The van der Waals surface area contributed by atoms with E-state index in [1.54, 1.807) is 0 Å². The molecular formula is C17H28ClIN4. The normalized spacial score (nSPS) is 16.0. The van der Waals surface area contributed by atoms with Gasteiger partial charge in [0.2, 0.25) is 0 Å². The molecule has 0 aromatic heterocycles. The van der Waals surface area contributed by atoms with Crippen LogP contribution in [-0.2, 0) is 0 Å². The van der Waals surface area contributed by atoms with E-state index in [4.69, 9.17) is 16.6 Å². The molecule has 0 amide bonds. The van der Waals surface area contributed by atoms with Gasteiger partial charge in [-0.05, 0) is 57.5 Å². The molecule has 2 rings (SSSR count). The monoisotopic (exact) mass is 450 g/mol. The van der Waals surface area contributed by atoms with E-state index in [1.807, 2.05) is 12.1 Å². The van der Waals surface area contributed by atoms with E-state index < -0.39 is 0 Å². The van der Waals surface area contributed by atoms with Gasteiger partial charge < -0.3 is 15.5 Å². The molecule has 1 atom stereocenters. The Labute approximate surface area is 162 Å². The molecule has 1 aliphatic carbocycles. The van der Waals surface area contributed by atoms with Crippen LogP contribution in [0.4, 0.5) is 0 Å². The summed E-state index contributed by atoms with van der Waals surface area (Å²) in [5.41, 5.74) is 1.23. The van der Waals surface area contributed by atoms with Crippen molar-refractivity contribution in [3.05, 3.63) is 34.9 Å². The molecule has 6 heteroatoms. The molecule has 0 heterocycles. The summed E-state index contributed by atoms with van der Waals surface area (Å²) in [4.78, 5) is 6.95. The lowest BCUT2D eigenvalue weighted by molar-refractivity contribution is 0.306. The summed E-state index contributed by atoms with van der Waals surface area (Å²) in [7, 11) is 4.17. The van der Waals surface area contributed by atoms with Gasteiger partial charge in [-0.3, -0.25) is 4.99 Å². The first-order valence-corrected chi connectivity index (χ1v) is 8.42. The molecule has 1 aromatic carbocycles. The van der Waals surface area contributed by atoms with Gasteiger partial charge in [0.1, 0.15) is 0 Å². The van der Waals surface area contributed by atoms with Crippen molar-refractivity contribution >= 4 is 41.5 Å². The zero-order chi connectivity index (χ0) is 15.9. The fraction of sp³-hybridized carbons (Fsp3) is 0.588. The Balaban J connectivity index is 0.00000264. The van der Waals surface area contributed by atoms with Gasteiger partial charge in [0.25, 0.3) is 0 Å². The Morgan fingerprint density at radius 1 is 1.26 bits per heavy atom. The van der Waals surface area contributed by atoms with Gasteiger partial charge in [0, 0.05) is 18.1 Å². The number of aliphatic imine (C=N–C) groups is 1. The first-order valence-electron chi connectivity index (χ1n) is 8.04. The van der Waals surface area contributed by atoms with Crippen molar-refractivity contribution in [1.82, 2.24) is 15.5 Å². The maximum atomic E-state index is 5.98. The van der Waals surface area contributed by atoms with Crippen molar-refractivity contribution in [2.75, 3.05) is 33.7 Å². The third-order valence-electron chi connectivity index (χ3n) is 3.90. The van der Waals surface area contributed by atoms with Crippen LogP contribution in [0.1, 0.15) is 31.4 Å². The molecule has 0 bridgehead atoms. The summed E-state index contributed by atoms with van der Waals surface area (Å²) in [6.07, 6.45) is 2.69. The number of hydrogen-bond donors (Lipinski definition) is 2. The quantitative estimate of drug-likeness (QED) is 0.379. The number of rotatable bonds is 7. The van der Waals surface area contributed by atoms with Crippen molar-refractivity contribution in [2.45, 2.75) is 25.8 Å². The molecule has 0 saturated heterocycles. The Hall–Kier alpha value is -0.530. The van der Waals surface area contributed by atoms with Crippen LogP contribution in [0.15, 0.2) is 29.3 Å². The van der Waals surface area contributed by atoms with Gasteiger partial charge in [-0.25, -0.2) is 0 Å². The van der Waals surface area contributed by atoms with E-state index in [2.05, 4.69) is 48.7 Å². The first kappa shape index (κ1) is 20.5. The first-order chi connectivity index (χ1) is 10.6. The fourth-order valence-electron chi connectivity index (χ4n) is 2.33. The average Bonchev–Trinajstić information content (AvgIpc) is 3.30. The van der Waals surface area contributed by atoms with Crippen LogP contribution < -0.4 is 10.6 Å². The van der Waals surface area contributed by atoms with E-state index in [1.165, 1.54) is 18.4 Å². The number of halogens is 2. The second-order valence-corrected chi connectivity index (χ2v) is 6.51. The Bertz CT molecular complexity index is 486. The minimum Gasteiger partial charge on any atom is -0.357 e. The standard InChI is InChI=1S/C17H27ClN4.HI/c1-4-19-17(20-11-13-5-6-13)21-12-16(22(2)3)14-7-9-15(18)10-8-14;/h7-10,13,16H,4-6,11-12H2,1-3H3,(H2,19,20,21);1H. The van der Waals surface area contributed by atoms with E-state index >= 15 is 0 Å². The second kappa shape index (κ2) is 10.4. The summed E-state index contributed by atoms with van der Waals surface area (Å²) in [6, 6.07) is 8.27. The topological polar surface area (TPSA) is 39.7 Å². The lowest BCUT2D eigenvalue weighted by Crippen LogP contribution is -2.39. The van der Waals surface area contributed by atoms with Gasteiger partial charge in [0.05, 0.1) is 12.6 Å². The molecule has 1 saturated carbocycles. The zero-order valence-corrected chi connectivity index (χ0v) is 17.3. The van der Waals surface area contributed by atoms with E-state index in [9.17, 15) is 0 Å². The van der Waals surface area contributed by atoms with E-state index in [0.717, 1.165) is 30.0 Å². The van der Waals surface area contributed by atoms with Crippen LogP contribution in [0, 0.1) is 5.92 Å². The molecule has 4 nitrogen and oxygen atoms in total. The largest absolute Gasteiger partial charge is 0.357 e. The van der Waals surface area contributed by atoms with E-state index in [0.29, 0.717) is 6.54 Å². The highest BCUT2D eigenvalue weighted by Crippen LogP contribution is 2.27. The van der Waals surface area contributed by atoms with Gasteiger partial charge in [-0.15, -0.1) is 24.0 Å². The number of hydrogen-bond acceptors (Lipinski definition) is 2. The molecule has 1 unspecified atom stereocenters.